The van der Waals surface area contributed by atoms with Gasteiger partial charge in [-0.15, -0.1) is 0 Å². The fourth-order valence-corrected chi connectivity index (χ4v) is 3.40. The highest BCUT2D eigenvalue weighted by atomic mass is 16.5. The summed E-state index contributed by atoms with van der Waals surface area (Å²) in [6, 6.07) is 7.71. The standard InChI is InChI=1S/C19H22N4O2/c1-14-5-2-3-7-16(14)18(24)23-8-4-6-15-13-20-19(21-17(15)23)22-9-11-25-12-10-22/h2-3,5,7,13H,4,6,8-12H2,1H3. The second kappa shape index (κ2) is 6.80. The summed E-state index contributed by atoms with van der Waals surface area (Å²) in [4.78, 5) is 26.3. The Morgan fingerprint density at radius 1 is 1.16 bits per heavy atom. The fourth-order valence-electron chi connectivity index (χ4n) is 3.40. The summed E-state index contributed by atoms with van der Waals surface area (Å²) in [6.07, 6.45) is 3.73. The number of aromatic nitrogens is 2. The van der Waals surface area contributed by atoms with Crippen LogP contribution in [0.25, 0.3) is 0 Å². The lowest BCUT2D eigenvalue weighted by Crippen LogP contribution is -2.40. The molecular weight excluding hydrogens is 316 g/mol. The third-order valence-corrected chi connectivity index (χ3v) is 4.83. The van der Waals surface area contributed by atoms with Crippen LogP contribution in [0.1, 0.15) is 27.9 Å². The Labute approximate surface area is 147 Å². The molecule has 2 aromatic rings. The SMILES string of the molecule is Cc1ccccc1C(=O)N1CCCc2cnc(N3CCOCC3)nc21. The number of hydrogen-bond donors (Lipinski definition) is 0. The molecule has 4 rings (SSSR count). The van der Waals surface area contributed by atoms with E-state index in [0.29, 0.717) is 25.7 Å². The van der Waals surface area contributed by atoms with Crippen LogP contribution in [0, 0.1) is 6.92 Å². The zero-order chi connectivity index (χ0) is 17.2. The molecule has 1 amide bonds. The number of morpholine rings is 1. The van der Waals surface area contributed by atoms with E-state index in [1.807, 2.05) is 42.3 Å². The molecule has 1 aromatic carbocycles. The maximum atomic E-state index is 13.1. The Kier molecular flexibility index (Phi) is 4.36. The van der Waals surface area contributed by atoms with E-state index in [9.17, 15) is 4.79 Å². The van der Waals surface area contributed by atoms with Crippen LogP contribution in [-0.4, -0.2) is 48.7 Å². The molecule has 0 saturated carbocycles. The molecule has 0 N–H and O–H groups in total. The normalized spacial score (nSPS) is 17.3. The van der Waals surface area contributed by atoms with Crippen LogP contribution in [0.4, 0.5) is 11.8 Å². The molecule has 0 aliphatic carbocycles. The lowest BCUT2D eigenvalue weighted by molar-refractivity contribution is 0.0983. The molecule has 3 heterocycles. The smallest absolute Gasteiger partial charge is 0.259 e. The predicted molar refractivity (Wildman–Crippen MR) is 96.2 cm³/mol. The molecular formula is C19H22N4O2. The van der Waals surface area contributed by atoms with E-state index >= 15 is 0 Å². The summed E-state index contributed by atoms with van der Waals surface area (Å²) in [5.74, 6) is 1.47. The zero-order valence-electron chi connectivity index (χ0n) is 14.4. The minimum absolute atomic E-state index is 0.0191. The maximum Gasteiger partial charge on any atom is 0.259 e. The van der Waals surface area contributed by atoms with E-state index in [1.54, 1.807) is 0 Å². The number of carbonyl (C=O) groups excluding carboxylic acids is 1. The number of anilines is 2. The Morgan fingerprint density at radius 3 is 2.76 bits per heavy atom. The van der Waals surface area contributed by atoms with Gasteiger partial charge in [0.15, 0.2) is 0 Å². The van der Waals surface area contributed by atoms with Gasteiger partial charge in [0.25, 0.3) is 5.91 Å². The van der Waals surface area contributed by atoms with Crippen molar-refractivity contribution in [1.82, 2.24) is 9.97 Å². The van der Waals surface area contributed by atoms with Crippen LogP contribution in [0.5, 0.6) is 0 Å². The minimum atomic E-state index is 0.0191. The summed E-state index contributed by atoms with van der Waals surface area (Å²) in [5, 5.41) is 0. The van der Waals surface area contributed by atoms with Crippen LogP contribution >= 0.6 is 0 Å². The first-order valence-electron chi connectivity index (χ1n) is 8.80. The number of benzene rings is 1. The van der Waals surface area contributed by atoms with Gasteiger partial charge in [0.05, 0.1) is 13.2 Å². The lowest BCUT2D eigenvalue weighted by Gasteiger charge is -2.31. The third kappa shape index (κ3) is 3.09. The Hall–Kier alpha value is -2.47. The van der Waals surface area contributed by atoms with E-state index in [1.165, 1.54) is 0 Å². The van der Waals surface area contributed by atoms with E-state index in [2.05, 4.69) is 9.88 Å². The summed E-state index contributed by atoms with van der Waals surface area (Å²) in [6.45, 7) is 5.60. The van der Waals surface area contributed by atoms with Gasteiger partial charge in [0.2, 0.25) is 5.95 Å². The number of amides is 1. The van der Waals surface area contributed by atoms with E-state index in [0.717, 1.165) is 48.4 Å². The molecule has 0 spiro atoms. The molecule has 0 unspecified atom stereocenters. The molecule has 25 heavy (non-hydrogen) atoms. The minimum Gasteiger partial charge on any atom is -0.378 e. The summed E-state index contributed by atoms with van der Waals surface area (Å²) < 4.78 is 5.40. The Morgan fingerprint density at radius 2 is 1.96 bits per heavy atom. The van der Waals surface area contributed by atoms with Crippen molar-refractivity contribution in [2.24, 2.45) is 0 Å². The molecule has 1 fully saturated rings. The van der Waals surface area contributed by atoms with Gasteiger partial charge in [-0.05, 0) is 31.4 Å². The molecule has 2 aliphatic heterocycles. The van der Waals surface area contributed by atoms with Crippen molar-refractivity contribution >= 4 is 17.7 Å². The molecule has 6 heteroatoms. The number of ether oxygens (including phenoxy) is 1. The van der Waals surface area contributed by atoms with E-state index in [-0.39, 0.29) is 5.91 Å². The first kappa shape index (κ1) is 16.0. The molecule has 1 aromatic heterocycles. The van der Waals surface area contributed by atoms with E-state index in [4.69, 9.17) is 9.72 Å². The van der Waals surface area contributed by atoms with Gasteiger partial charge in [-0.3, -0.25) is 9.69 Å². The number of carbonyl (C=O) groups is 1. The average molecular weight is 338 g/mol. The van der Waals surface area contributed by atoms with Gasteiger partial charge >= 0.3 is 0 Å². The van der Waals surface area contributed by atoms with Gasteiger partial charge in [-0.25, -0.2) is 4.98 Å². The van der Waals surface area contributed by atoms with Crippen molar-refractivity contribution in [2.45, 2.75) is 19.8 Å². The molecule has 0 bridgehead atoms. The van der Waals surface area contributed by atoms with Crippen LogP contribution < -0.4 is 9.80 Å². The van der Waals surface area contributed by atoms with Crippen LogP contribution in [0.3, 0.4) is 0 Å². The molecule has 2 aliphatic rings. The second-order valence-electron chi connectivity index (χ2n) is 6.49. The van der Waals surface area contributed by atoms with Crippen LogP contribution in [0.15, 0.2) is 30.5 Å². The van der Waals surface area contributed by atoms with Gasteiger partial charge < -0.3 is 9.64 Å². The summed E-state index contributed by atoms with van der Waals surface area (Å²) in [5.41, 5.74) is 2.77. The highest BCUT2D eigenvalue weighted by Gasteiger charge is 2.27. The second-order valence-corrected chi connectivity index (χ2v) is 6.49. The number of rotatable bonds is 2. The van der Waals surface area contributed by atoms with Crippen LogP contribution in [-0.2, 0) is 11.2 Å². The van der Waals surface area contributed by atoms with Gasteiger partial charge in [-0.1, -0.05) is 18.2 Å². The van der Waals surface area contributed by atoms with Crippen molar-refractivity contribution < 1.29 is 9.53 Å². The molecule has 0 atom stereocenters. The van der Waals surface area contributed by atoms with E-state index < -0.39 is 0 Å². The number of aryl methyl sites for hydroxylation is 2. The zero-order valence-corrected chi connectivity index (χ0v) is 14.4. The summed E-state index contributed by atoms with van der Waals surface area (Å²) >= 11 is 0. The van der Waals surface area contributed by atoms with Crippen molar-refractivity contribution in [3.05, 3.63) is 47.2 Å². The molecule has 6 nitrogen and oxygen atoms in total. The first-order chi connectivity index (χ1) is 12.2. The number of nitrogens with zero attached hydrogens (tertiary/aromatic N) is 4. The number of hydrogen-bond acceptors (Lipinski definition) is 5. The van der Waals surface area contributed by atoms with Crippen molar-refractivity contribution in [1.29, 1.82) is 0 Å². The monoisotopic (exact) mass is 338 g/mol. The molecule has 1 saturated heterocycles. The molecule has 130 valence electrons. The quantitative estimate of drug-likeness (QED) is 0.840. The Bertz CT molecular complexity index is 787. The third-order valence-electron chi connectivity index (χ3n) is 4.83. The lowest BCUT2D eigenvalue weighted by atomic mass is 10.0. The first-order valence-corrected chi connectivity index (χ1v) is 8.80. The number of fused-ring (bicyclic) bond motifs is 1. The highest BCUT2D eigenvalue weighted by molar-refractivity contribution is 6.07. The van der Waals surface area contributed by atoms with Gasteiger partial charge in [-0.2, -0.15) is 4.98 Å². The van der Waals surface area contributed by atoms with Crippen molar-refractivity contribution in [2.75, 3.05) is 42.6 Å². The maximum absolute atomic E-state index is 13.1. The molecule has 0 radical (unpaired) electrons. The van der Waals surface area contributed by atoms with Crippen molar-refractivity contribution in [3.8, 4) is 0 Å². The largest absolute Gasteiger partial charge is 0.378 e. The fraction of sp³-hybridized carbons (Fsp3) is 0.421. The highest BCUT2D eigenvalue weighted by Crippen LogP contribution is 2.28. The van der Waals surface area contributed by atoms with Gasteiger partial charge in [0.1, 0.15) is 5.82 Å². The summed E-state index contributed by atoms with van der Waals surface area (Å²) in [7, 11) is 0. The van der Waals surface area contributed by atoms with Crippen molar-refractivity contribution in [3.63, 3.8) is 0 Å². The van der Waals surface area contributed by atoms with Gasteiger partial charge in [0, 0.05) is 37.0 Å². The Balaban J connectivity index is 1.68. The van der Waals surface area contributed by atoms with Crippen LogP contribution in [0.2, 0.25) is 0 Å². The predicted octanol–water partition coefficient (Wildman–Crippen LogP) is 2.21. The topological polar surface area (TPSA) is 58.6 Å². The average Bonchev–Trinajstić information content (AvgIpc) is 2.67.